The molecule has 1 saturated heterocycles. The Labute approximate surface area is 132 Å². The lowest BCUT2D eigenvalue weighted by Crippen LogP contribution is -2.32. The molecule has 0 aromatic heterocycles. The number of benzene rings is 2. The monoisotopic (exact) mass is 309 g/mol. The number of para-hydroxylation sites is 1. The van der Waals surface area contributed by atoms with Gasteiger partial charge in [-0.3, -0.25) is 14.6 Å². The van der Waals surface area contributed by atoms with E-state index in [4.69, 9.17) is 5.26 Å². The first-order valence-corrected chi connectivity index (χ1v) is 6.95. The number of halogens is 1. The highest BCUT2D eigenvalue weighted by atomic mass is 19.1. The summed E-state index contributed by atoms with van der Waals surface area (Å²) in [4.78, 5) is 26.9. The molecule has 2 aromatic carbocycles. The van der Waals surface area contributed by atoms with Gasteiger partial charge in [0.05, 0.1) is 18.2 Å². The fraction of sp³-hybridized carbons (Fsp3) is 0.118. The molecule has 1 fully saturated rings. The van der Waals surface area contributed by atoms with Gasteiger partial charge in [-0.15, -0.1) is 0 Å². The summed E-state index contributed by atoms with van der Waals surface area (Å²) in [6.07, 6.45) is 0. The van der Waals surface area contributed by atoms with Crippen molar-refractivity contribution in [2.45, 2.75) is 6.54 Å². The minimum Gasteiger partial charge on any atom is -0.285 e. The quantitative estimate of drug-likeness (QED) is 0.819. The van der Waals surface area contributed by atoms with Gasteiger partial charge in [-0.05, 0) is 24.3 Å². The summed E-state index contributed by atoms with van der Waals surface area (Å²) in [6, 6.07) is 14.2. The fourth-order valence-corrected chi connectivity index (χ4v) is 2.42. The van der Waals surface area contributed by atoms with Crippen LogP contribution in [0.3, 0.4) is 0 Å². The van der Waals surface area contributed by atoms with Crippen molar-refractivity contribution in [3.63, 3.8) is 0 Å². The lowest BCUT2D eigenvalue weighted by molar-refractivity contribution is -0.125. The molecule has 0 spiro atoms. The van der Waals surface area contributed by atoms with E-state index in [2.05, 4.69) is 0 Å². The third-order valence-electron chi connectivity index (χ3n) is 3.63. The Morgan fingerprint density at radius 3 is 2.52 bits per heavy atom. The van der Waals surface area contributed by atoms with Crippen LogP contribution in [-0.2, 0) is 11.3 Å². The van der Waals surface area contributed by atoms with Gasteiger partial charge in [0.25, 0.3) is 5.91 Å². The second-order valence-electron chi connectivity index (χ2n) is 5.10. The number of urea groups is 1. The molecule has 0 radical (unpaired) electrons. The third kappa shape index (κ3) is 2.77. The highest BCUT2D eigenvalue weighted by molar-refractivity contribution is 6.12. The zero-order valence-corrected chi connectivity index (χ0v) is 12.1. The Bertz CT molecular complexity index is 814. The minimum atomic E-state index is -0.609. The first-order valence-electron chi connectivity index (χ1n) is 6.95. The molecule has 3 amide bonds. The topological polar surface area (TPSA) is 64.4 Å². The zero-order chi connectivity index (χ0) is 16.4. The van der Waals surface area contributed by atoms with Crippen molar-refractivity contribution in [2.75, 3.05) is 11.4 Å². The summed E-state index contributed by atoms with van der Waals surface area (Å²) in [5.41, 5.74) is 1.01. The molecule has 114 valence electrons. The molecule has 0 atom stereocenters. The number of carbonyl (C=O) groups excluding carboxylic acids is 2. The third-order valence-corrected chi connectivity index (χ3v) is 3.63. The number of hydrogen-bond donors (Lipinski definition) is 0. The average molecular weight is 309 g/mol. The molecule has 0 saturated carbocycles. The van der Waals surface area contributed by atoms with Crippen LogP contribution in [0.15, 0.2) is 48.5 Å². The SMILES string of the molecule is N#Cc1ccc(CN2C(=O)CN(c3ccccc3)C2=O)c(F)c1. The molecule has 0 bridgehead atoms. The van der Waals surface area contributed by atoms with Crippen molar-refractivity contribution < 1.29 is 14.0 Å². The van der Waals surface area contributed by atoms with Crippen LogP contribution in [0.5, 0.6) is 0 Å². The summed E-state index contributed by atoms with van der Waals surface area (Å²) in [7, 11) is 0. The van der Waals surface area contributed by atoms with Crippen LogP contribution in [0.25, 0.3) is 0 Å². The second-order valence-corrected chi connectivity index (χ2v) is 5.10. The van der Waals surface area contributed by atoms with Crippen molar-refractivity contribution in [3.8, 4) is 6.07 Å². The predicted octanol–water partition coefficient (Wildman–Crippen LogP) is 2.67. The van der Waals surface area contributed by atoms with Crippen LogP contribution >= 0.6 is 0 Å². The van der Waals surface area contributed by atoms with Gasteiger partial charge in [-0.1, -0.05) is 24.3 Å². The van der Waals surface area contributed by atoms with Gasteiger partial charge in [0.2, 0.25) is 0 Å². The maximum Gasteiger partial charge on any atom is 0.332 e. The van der Waals surface area contributed by atoms with Gasteiger partial charge >= 0.3 is 6.03 Å². The molecule has 0 aliphatic carbocycles. The number of rotatable bonds is 3. The summed E-state index contributed by atoms with van der Waals surface area (Å²) in [5.74, 6) is -0.995. The molecular formula is C17H12FN3O2. The molecule has 0 N–H and O–H groups in total. The Morgan fingerprint density at radius 2 is 1.87 bits per heavy atom. The maximum atomic E-state index is 14.0. The Balaban J connectivity index is 1.83. The lowest BCUT2D eigenvalue weighted by Gasteiger charge is -2.17. The number of anilines is 1. The van der Waals surface area contributed by atoms with Crippen LogP contribution in [0.2, 0.25) is 0 Å². The average Bonchev–Trinajstić information content (AvgIpc) is 2.85. The Kier molecular flexibility index (Phi) is 3.77. The second kappa shape index (κ2) is 5.89. The van der Waals surface area contributed by atoms with E-state index in [1.165, 1.54) is 17.0 Å². The molecule has 3 rings (SSSR count). The number of hydrogen-bond acceptors (Lipinski definition) is 3. The van der Waals surface area contributed by atoms with Crippen LogP contribution in [0.4, 0.5) is 14.9 Å². The van der Waals surface area contributed by atoms with E-state index in [0.717, 1.165) is 11.0 Å². The first-order chi connectivity index (χ1) is 11.1. The molecule has 1 heterocycles. The van der Waals surface area contributed by atoms with Gasteiger partial charge in [-0.2, -0.15) is 5.26 Å². The van der Waals surface area contributed by atoms with Crippen LogP contribution < -0.4 is 4.90 Å². The molecule has 2 aromatic rings. The maximum absolute atomic E-state index is 14.0. The number of imide groups is 1. The molecule has 5 nitrogen and oxygen atoms in total. The van der Waals surface area contributed by atoms with Crippen LogP contribution in [-0.4, -0.2) is 23.4 Å². The van der Waals surface area contributed by atoms with Gasteiger partial charge < -0.3 is 0 Å². The van der Waals surface area contributed by atoms with Gasteiger partial charge in [0.15, 0.2) is 0 Å². The molecular weight excluding hydrogens is 297 g/mol. The van der Waals surface area contributed by atoms with Crippen molar-refractivity contribution in [2.24, 2.45) is 0 Å². The lowest BCUT2D eigenvalue weighted by atomic mass is 10.1. The van der Waals surface area contributed by atoms with E-state index >= 15 is 0 Å². The van der Waals surface area contributed by atoms with E-state index in [9.17, 15) is 14.0 Å². The highest BCUT2D eigenvalue weighted by Crippen LogP contribution is 2.23. The normalized spacial score (nSPS) is 14.3. The zero-order valence-electron chi connectivity index (χ0n) is 12.1. The smallest absolute Gasteiger partial charge is 0.285 e. The number of amides is 3. The van der Waals surface area contributed by atoms with Crippen molar-refractivity contribution in [1.29, 1.82) is 5.26 Å². The first kappa shape index (κ1) is 14.7. The van der Waals surface area contributed by atoms with E-state index in [1.807, 2.05) is 12.1 Å². The summed E-state index contributed by atoms with van der Waals surface area (Å²) >= 11 is 0. The summed E-state index contributed by atoms with van der Waals surface area (Å²) < 4.78 is 14.0. The number of nitriles is 1. The molecule has 1 aliphatic rings. The van der Waals surface area contributed by atoms with Crippen molar-refractivity contribution in [3.05, 3.63) is 65.5 Å². The number of nitrogens with zero attached hydrogens (tertiary/aromatic N) is 3. The van der Waals surface area contributed by atoms with Crippen LogP contribution in [0, 0.1) is 17.1 Å². The van der Waals surface area contributed by atoms with E-state index in [0.29, 0.717) is 5.69 Å². The fourth-order valence-electron chi connectivity index (χ4n) is 2.42. The minimum absolute atomic E-state index is 0.0687. The molecule has 1 aliphatic heterocycles. The van der Waals surface area contributed by atoms with Gasteiger partial charge in [0, 0.05) is 11.3 Å². The molecule has 6 heteroatoms. The van der Waals surface area contributed by atoms with Crippen molar-refractivity contribution in [1.82, 2.24) is 4.90 Å². The van der Waals surface area contributed by atoms with Crippen molar-refractivity contribution >= 4 is 17.6 Å². The highest BCUT2D eigenvalue weighted by Gasteiger charge is 2.37. The van der Waals surface area contributed by atoms with E-state index in [1.54, 1.807) is 24.3 Å². The number of carbonyl (C=O) groups is 2. The molecule has 0 unspecified atom stereocenters. The molecule has 23 heavy (non-hydrogen) atoms. The van der Waals surface area contributed by atoms with E-state index < -0.39 is 11.8 Å². The largest absolute Gasteiger partial charge is 0.332 e. The summed E-state index contributed by atoms with van der Waals surface area (Å²) in [6.45, 7) is -0.223. The summed E-state index contributed by atoms with van der Waals surface area (Å²) in [5, 5.41) is 8.74. The standard InChI is InChI=1S/C17H12FN3O2/c18-15-8-12(9-19)6-7-13(15)10-21-16(22)11-20(17(21)23)14-4-2-1-3-5-14/h1-8H,10-11H2. The van der Waals surface area contributed by atoms with Gasteiger partial charge in [-0.25, -0.2) is 9.18 Å². The van der Waals surface area contributed by atoms with E-state index in [-0.39, 0.29) is 30.1 Å². The Morgan fingerprint density at radius 1 is 1.13 bits per heavy atom. The van der Waals surface area contributed by atoms with Crippen LogP contribution in [0.1, 0.15) is 11.1 Å². The Hall–Kier alpha value is -3.20. The van der Waals surface area contributed by atoms with Gasteiger partial charge in [0.1, 0.15) is 12.4 Å². The predicted molar refractivity (Wildman–Crippen MR) is 80.8 cm³/mol.